The molecular weight excluding hydrogens is 701 g/mol. The average molecular weight is 753 g/mol. The molecule has 58 heavy (non-hydrogen) atoms. The van der Waals surface area contributed by atoms with Crippen molar-refractivity contribution in [3.05, 3.63) is 180 Å². The highest BCUT2D eigenvalue weighted by Gasteiger charge is 2.26. The van der Waals surface area contributed by atoms with Gasteiger partial charge in [-0.2, -0.15) is 0 Å². The Morgan fingerprint density at radius 1 is 0.414 bits per heavy atom. The molecule has 8 aromatic rings. The van der Waals surface area contributed by atoms with Gasteiger partial charge in [0.1, 0.15) is 0 Å². The summed E-state index contributed by atoms with van der Waals surface area (Å²) in [6.45, 7) is 13.7. The van der Waals surface area contributed by atoms with Crippen molar-refractivity contribution in [2.75, 3.05) is 0 Å². The van der Waals surface area contributed by atoms with Crippen LogP contribution in [0.1, 0.15) is 89.6 Å². The van der Waals surface area contributed by atoms with Gasteiger partial charge in [-0.25, -0.2) is 4.98 Å². The Morgan fingerprint density at radius 2 is 0.862 bits per heavy atom. The monoisotopic (exact) mass is 752 g/mol. The first-order valence-corrected chi connectivity index (χ1v) is 21.0. The predicted octanol–water partition coefficient (Wildman–Crippen LogP) is 15.0. The van der Waals surface area contributed by atoms with E-state index in [1.165, 1.54) is 16.7 Å². The summed E-state index contributed by atoms with van der Waals surface area (Å²) >= 11 is 0. The summed E-state index contributed by atoms with van der Waals surface area (Å²) in [5.41, 5.74) is 15.8. The van der Waals surface area contributed by atoms with Gasteiger partial charge in [-0.1, -0.05) is 150 Å². The van der Waals surface area contributed by atoms with Crippen molar-refractivity contribution in [3.63, 3.8) is 0 Å². The maximum Gasteiger partial charge on any atom is 0.0716 e. The van der Waals surface area contributed by atoms with E-state index in [1.54, 1.807) is 0 Å². The lowest BCUT2D eigenvalue weighted by atomic mass is 9.78. The second-order valence-electron chi connectivity index (χ2n) is 16.2. The smallest absolute Gasteiger partial charge is 0.0716 e. The van der Waals surface area contributed by atoms with Crippen molar-refractivity contribution in [1.82, 2.24) is 9.97 Å². The highest BCUT2D eigenvalue weighted by Crippen LogP contribution is 2.39. The van der Waals surface area contributed by atoms with Gasteiger partial charge in [0.15, 0.2) is 0 Å². The number of aromatic nitrogens is 2. The third-order valence-electron chi connectivity index (χ3n) is 13.0. The van der Waals surface area contributed by atoms with E-state index >= 15 is 0 Å². The van der Waals surface area contributed by atoms with Crippen LogP contribution < -0.4 is 0 Å². The molecule has 0 unspecified atom stereocenters. The van der Waals surface area contributed by atoms with Crippen LogP contribution in [0.25, 0.3) is 66.4 Å². The molecule has 0 fully saturated rings. The van der Waals surface area contributed by atoms with Gasteiger partial charge in [0, 0.05) is 38.6 Å². The van der Waals surface area contributed by atoms with E-state index in [0.717, 1.165) is 97.8 Å². The fourth-order valence-corrected chi connectivity index (χ4v) is 8.08. The number of rotatable bonds is 10. The first-order valence-electron chi connectivity index (χ1n) is 21.0. The van der Waals surface area contributed by atoms with Crippen LogP contribution in [0.2, 0.25) is 0 Å². The molecule has 0 saturated carbocycles. The molecule has 2 aromatic heterocycles. The van der Waals surface area contributed by atoms with Crippen molar-refractivity contribution >= 4 is 21.8 Å². The molecule has 0 spiro atoms. The van der Waals surface area contributed by atoms with E-state index in [0.29, 0.717) is 0 Å². The lowest BCUT2D eigenvalue weighted by molar-refractivity contribution is 0.427. The fourth-order valence-electron chi connectivity index (χ4n) is 8.08. The maximum atomic E-state index is 5.28. The molecule has 286 valence electrons. The number of nitrogens with zero attached hydrogens (tertiary/aromatic N) is 2. The summed E-state index contributed by atoms with van der Waals surface area (Å²) in [4.78, 5) is 10.5. The summed E-state index contributed by atoms with van der Waals surface area (Å²) in [5.74, 6) is 6.75. The maximum absolute atomic E-state index is 5.28. The third kappa shape index (κ3) is 7.58. The molecule has 0 aliphatic heterocycles. The van der Waals surface area contributed by atoms with Crippen molar-refractivity contribution in [2.24, 2.45) is 0 Å². The molecule has 0 aliphatic carbocycles. The zero-order chi connectivity index (χ0) is 40.3. The minimum absolute atomic E-state index is 0.0172. The molecule has 0 bridgehead atoms. The number of hydrogen-bond donors (Lipinski definition) is 0. The minimum Gasteiger partial charge on any atom is -0.252 e. The molecule has 2 heterocycles. The van der Waals surface area contributed by atoms with Gasteiger partial charge in [-0.3, -0.25) is 4.98 Å². The Kier molecular flexibility index (Phi) is 10.8. The zero-order valence-corrected chi connectivity index (χ0v) is 34.7. The van der Waals surface area contributed by atoms with Crippen LogP contribution in [-0.2, 0) is 10.8 Å². The predicted molar refractivity (Wildman–Crippen MR) is 247 cm³/mol. The van der Waals surface area contributed by atoms with Crippen LogP contribution in [-0.4, -0.2) is 9.97 Å². The Labute approximate surface area is 345 Å². The second kappa shape index (κ2) is 16.3. The van der Waals surface area contributed by atoms with Crippen LogP contribution in [0.4, 0.5) is 0 Å². The molecule has 8 rings (SSSR count). The summed E-state index contributed by atoms with van der Waals surface area (Å²) in [7, 11) is 0. The summed E-state index contributed by atoms with van der Waals surface area (Å²) in [6, 6.07) is 56.7. The van der Waals surface area contributed by atoms with Crippen molar-refractivity contribution in [1.29, 1.82) is 0 Å². The van der Waals surface area contributed by atoms with E-state index in [1.807, 2.05) is 0 Å². The van der Waals surface area contributed by atoms with Crippen LogP contribution in [0.3, 0.4) is 0 Å². The summed E-state index contributed by atoms with van der Waals surface area (Å²) in [6.07, 6.45) is 4.33. The second-order valence-corrected chi connectivity index (χ2v) is 16.2. The lowest BCUT2D eigenvalue weighted by Gasteiger charge is -2.27. The molecule has 6 aromatic carbocycles. The molecule has 0 aliphatic rings. The quantitative estimate of drug-likeness (QED) is 0.130. The Morgan fingerprint density at radius 3 is 1.36 bits per heavy atom. The minimum atomic E-state index is 0.0172. The number of benzene rings is 6. The van der Waals surface area contributed by atoms with Gasteiger partial charge >= 0.3 is 0 Å². The SMILES string of the molecule is CCC(C)(CC)c1ccc(C#Cc2ccc(-c3cc(-c4ccccc4)c4cc(-c5ccc6nc(C(C)(CC)CC)cc(-c7ccccc7)c6c5)ccc4n3)cc2)cc1. The molecule has 0 N–H and O–H groups in total. The third-order valence-corrected chi connectivity index (χ3v) is 13.0. The van der Waals surface area contributed by atoms with Gasteiger partial charge in [-0.05, 0) is 131 Å². The average Bonchev–Trinajstić information content (AvgIpc) is 3.30. The normalized spacial score (nSPS) is 11.8. The molecule has 0 saturated heterocycles. The molecule has 0 atom stereocenters. The molecule has 2 heteroatoms. The topological polar surface area (TPSA) is 25.8 Å². The van der Waals surface area contributed by atoms with Crippen LogP contribution in [0.5, 0.6) is 0 Å². The van der Waals surface area contributed by atoms with Crippen LogP contribution in [0.15, 0.2) is 158 Å². The molecule has 2 nitrogen and oxygen atoms in total. The van der Waals surface area contributed by atoms with Gasteiger partial charge in [0.25, 0.3) is 0 Å². The number of hydrogen-bond acceptors (Lipinski definition) is 2. The fraction of sp³-hybridized carbons (Fsp3) is 0.214. The molecule has 0 amide bonds. The van der Waals surface area contributed by atoms with Crippen molar-refractivity contribution in [2.45, 2.75) is 78.1 Å². The highest BCUT2D eigenvalue weighted by molar-refractivity contribution is 6.01. The largest absolute Gasteiger partial charge is 0.252 e. The van der Waals surface area contributed by atoms with Crippen LogP contribution in [0, 0.1) is 11.8 Å². The van der Waals surface area contributed by atoms with Crippen molar-refractivity contribution in [3.8, 4) is 56.5 Å². The van der Waals surface area contributed by atoms with E-state index in [4.69, 9.17) is 9.97 Å². The summed E-state index contributed by atoms with van der Waals surface area (Å²) in [5, 5.41) is 2.29. The number of pyridine rings is 2. The van der Waals surface area contributed by atoms with Gasteiger partial charge in [0.2, 0.25) is 0 Å². The van der Waals surface area contributed by atoms with Gasteiger partial charge in [-0.15, -0.1) is 0 Å². The lowest BCUT2D eigenvalue weighted by Crippen LogP contribution is -2.21. The van der Waals surface area contributed by atoms with Gasteiger partial charge in [0.05, 0.1) is 16.7 Å². The first kappa shape index (κ1) is 38.6. The number of fused-ring (bicyclic) bond motifs is 2. The Bertz CT molecular complexity index is 2760. The van der Waals surface area contributed by atoms with E-state index in [-0.39, 0.29) is 10.8 Å². The van der Waals surface area contributed by atoms with E-state index in [9.17, 15) is 0 Å². The van der Waals surface area contributed by atoms with E-state index in [2.05, 4.69) is 211 Å². The summed E-state index contributed by atoms with van der Waals surface area (Å²) < 4.78 is 0. The molecular formula is C56H52N2. The first-order chi connectivity index (χ1) is 28.2. The van der Waals surface area contributed by atoms with Gasteiger partial charge < -0.3 is 0 Å². The van der Waals surface area contributed by atoms with Crippen LogP contribution >= 0.6 is 0 Å². The standard InChI is InChI=1S/C56H52N2/c1-7-55(5,8-2)46-31-25-40(26-32-46)22-21-39-23-27-43(28-24-39)53-37-47(41-17-13-11-14-18-41)49-35-44(29-33-51(49)57-53)45-30-34-52-50(36-45)48(42-19-15-12-16-20-42)38-54(58-52)56(6,9-3)10-4/h11-20,23-38H,7-10H2,1-6H3. The Hall–Kier alpha value is -6.30. The highest BCUT2D eigenvalue weighted by atomic mass is 14.7. The van der Waals surface area contributed by atoms with E-state index < -0.39 is 0 Å². The Balaban J connectivity index is 1.16. The van der Waals surface area contributed by atoms with Crippen molar-refractivity contribution < 1.29 is 0 Å². The zero-order valence-electron chi connectivity index (χ0n) is 34.7. The molecule has 0 radical (unpaired) electrons.